The summed E-state index contributed by atoms with van der Waals surface area (Å²) >= 11 is 0. The average Bonchev–Trinajstić information content (AvgIpc) is 3.11. The molecule has 3 rings (SSSR count). The molecule has 1 N–H and O–H groups in total. The summed E-state index contributed by atoms with van der Waals surface area (Å²) in [5.41, 5.74) is 1.93. The molecular formula is C21H28N2O4. The zero-order chi connectivity index (χ0) is 19.4. The third-order valence-corrected chi connectivity index (χ3v) is 5.41. The zero-order valence-corrected chi connectivity index (χ0v) is 16.3. The van der Waals surface area contributed by atoms with Gasteiger partial charge in [-0.3, -0.25) is 9.69 Å². The number of ether oxygens (including phenoxy) is 1. The van der Waals surface area contributed by atoms with E-state index in [2.05, 4.69) is 17.1 Å². The highest BCUT2D eigenvalue weighted by molar-refractivity contribution is 5.83. The summed E-state index contributed by atoms with van der Waals surface area (Å²) in [5.74, 6) is 0.688. The fourth-order valence-electron chi connectivity index (χ4n) is 3.89. The average molecular weight is 372 g/mol. The number of amides is 1. The van der Waals surface area contributed by atoms with E-state index in [0.717, 1.165) is 36.0 Å². The number of methoxy groups -OCH3 is 1. The highest BCUT2D eigenvalue weighted by atomic mass is 16.5. The molecule has 1 saturated heterocycles. The maximum atomic E-state index is 12.3. The predicted molar refractivity (Wildman–Crippen MR) is 105 cm³/mol. The number of nitrogens with one attached hydrogen (secondary N) is 1. The molecule has 0 spiro atoms. The summed E-state index contributed by atoms with van der Waals surface area (Å²) in [6.07, 6.45) is 3.33. The van der Waals surface area contributed by atoms with Crippen LogP contribution >= 0.6 is 0 Å². The minimum atomic E-state index is -0.373. The van der Waals surface area contributed by atoms with Gasteiger partial charge >= 0.3 is 5.63 Å². The Morgan fingerprint density at radius 2 is 2.19 bits per heavy atom. The summed E-state index contributed by atoms with van der Waals surface area (Å²) < 4.78 is 10.7. The molecule has 6 heteroatoms. The lowest BCUT2D eigenvalue weighted by Gasteiger charge is -2.22. The van der Waals surface area contributed by atoms with Crippen molar-refractivity contribution < 1.29 is 13.9 Å². The van der Waals surface area contributed by atoms with Crippen LogP contribution in [0.2, 0.25) is 0 Å². The highest BCUT2D eigenvalue weighted by Crippen LogP contribution is 2.28. The number of benzene rings is 1. The van der Waals surface area contributed by atoms with Gasteiger partial charge < -0.3 is 14.5 Å². The van der Waals surface area contributed by atoms with Crippen LogP contribution in [0.4, 0.5) is 0 Å². The molecule has 0 bridgehead atoms. The third kappa shape index (κ3) is 4.50. The molecule has 1 fully saturated rings. The van der Waals surface area contributed by atoms with E-state index >= 15 is 0 Å². The van der Waals surface area contributed by atoms with Crippen LogP contribution in [-0.2, 0) is 11.2 Å². The lowest BCUT2D eigenvalue weighted by molar-refractivity contribution is -0.121. The Bertz CT molecular complexity index is 874. The number of carbonyl (C=O) groups is 1. The molecule has 0 aliphatic carbocycles. The maximum Gasteiger partial charge on any atom is 0.336 e. The molecule has 6 nitrogen and oxygen atoms in total. The third-order valence-electron chi connectivity index (χ3n) is 5.41. The topological polar surface area (TPSA) is 71.8 Å². The van der Waals surface area contributed by atoms with Gasteiger partial charge in [0, 0.05) is 36.5 Å². The molecule has 27 heavy (non-hydrogen) atoms. The Kier molecular flexibility index (Phi) is 6.16. The maximum absolute atomic E-state index is 12.3. The highest BCUT2D eigenvalue weighted by Gasteiger charge is 2.23. The second-order valence-corrected chi connectivity index (χ2v) is 7.14. The van der Waals surface area contributed by atoms with Crippen LogP contribution in [0.3, 0.4) is 0 Å². The normalized spacial score (nSPS) is 17.4. The number of carbonyl (C=O) groups excluding carboxylic acids is 1. The molecule has 2 aromatic rings. The number of rotatable bonds is 7. The fraction of sp³-hybridized carbons (Fsp3) is 0.524. The first-order valence-corrected chi connectivity index (χ1v) is 9.64. The van der Waals surface area contributed by atoms with E-state index in [-0.39, 0.29) is 11.5 Å². The van der Waals surface area contributed by atoms with Gasteiger partial charge in [0.2, 0.25) is 5.91 Å². The first-order valence-electron chi connectivity index (χ1n) is 9.64. The first-order chi connectivity index (χ1) is 13.0. The van der Waals surface area contributed by atoms with Gasteiger partial charge in [0.05, 0.1) is 7.11 Å². The van der Waals surface area contributed by atoms with Gasteiger partial charge in [-0.15, -0.1) is 0 Å². The molecule has 1 aliphatic rings. The van der Waals surface area contributed by atoms with Crippen molar-refractivity contribution in [3.05, 3.63) is 39.7 Å². The second kappa shape index (κ2) is 8.57. The monoisotopic (exact) mass is 372 g/mol. The van der Waals surface area contributed by atoms with E-state index in [9.17, 15) is 9.59 Å². The zero-order valence-electron chi connectivity index (χ0n) is 16.3. The number of hydrogen-bond donors (Lipinski definition) is 1. The standard InChI is InChI=1S/C21H28N2O4/c1-4-23-9-5-6-16(23)13-22-20(24)8-7-15-11-17-14(2)10-21(25)27-19(17)12-18(15)26-3/h10-12,16H,4-9,13H2,1-3H3,(H,22,24)/t16-/m1/s1. The molecule has 0 saturated carbocycles. The van der Waals surface area contributed by atoms with Crippen molar-refractivity contribution in [3.8, 4) is 5.75 Å². The molecule has 146 valence electrons. The lowest BCUT2D eigenvalue weighted by Crippen LogP contribution is -2.40. The van der Waals surface area contributed by atoms with E-state index in [1.807, 2.05) is 13.0 Å². The van der Waals surface area contributed by atoms with Gasteiger partial charge in [-0.25, -0.2) is 4.79 Å². The van der Waals surface area contributed by atoms with Crippen molar-refractivity contribution in [2.24, 2.45) is 0 Å². The minimum absolute atomic E-state index is 0.0522. The summed E-state index contributed by atoms with van der Waals surface area (Å²) in [6, 6.07) is 5.62. The Balaban J connectivity index is 1.65. The molecule has 0 unspecified atom stereocenters. The number of nitrogens with zero attached hydrogens (tertiary/aromatic N) is 1. The van der Waals surface area contributed by atoms with Gasteiger partial charge in [-0.05, 0) is 56.5 Å². The van der Waals surface area contributed by atoms with E-state index in [0.29, 0.717) is 36.8 Å². The van der Waals surface area contributed by atoms with Crippen LogP contribution in [0.25, 0.3) is 11.0 Å². The van der Waals surface area contributed by atoms with Crippen LogP contribution in [0.15, 0.2) is 27.4 Å². The summed E-state index contributed by atoms with van der Waals surface area (Å²) in [7, 11) is 1.58. The minimum Gasteiger partial charge on any atom is -0.496 e. The largest absolute Gasteiger partial charge is 0.496 e. The smallest absolute Gasteiger partial charge is 0.336 e. The number of fused-ring (bicyclic) bond motifs is 1. The van der Waals surface area contributed by atoms with Gasteiger partial charge in [0.1, 0.15) is 11.3 Å². The molecule has 2 heterocycles. The van der Waals surface area contributed by atoms with Crippen LogP contribution in [0.1, 0.15) is 37.3 Å². The number of hydrogen-bond acceptors (Lipinski definition) is 5. The van der Waals surface area contributed by atoms with Gasteiger partial charge in [-0.2, -0.15) is 0 Å². The van der Waals surface area contributed by atoms with Crippen molar-refractivity contribution in [2.45, 2.75) is 45.6 Å². The van der Waals surface area contributed by atoms with Crippen LogP contribution in [0.5, 0.6) is 5.75 Å². The number of likely N-dealkylation sites (tertiary alicyclic amines) is 1. The van der Waals surface area contributed by atoms with Gasteiger partial charge in [0.15, 0.2) is 0 Å². The molecule has 1 amide bonds. The predicted octanol–water partition coefficient (Wildman–Crippen LogP) is 2.64. The van der Waals surface area contributed by atoms with Crippen molar-refractivity contribution in [1.82, 2.24) is 10.2 Å². The van der Waals surface area contributed by atoms with E-state index in [1.54, 1.807) is 13.2 Å². The molecular weight excluding hydrogens is 344 g/mol. The molecule has 0 radical (unpaired) electrons. The number of aryl methyl sites for hydroxylation is 2. The summed E-state index contributed by atoms with van der Waals surface area (Å²) in [6.45, 7) is 6.91. The molecule has 1 atom stereocenters. The van der Waals surface area contributed by atoms with Gasteiger partial charge in [-0.1, -0.05) is 6.92 Å². The van der Waals surface area contributed by atoms with E-state index < -0.39 is 0 Å². The first kappa shape index (κ1) is 19.4. The van der Waals surface area contributed by atoms with Crippen LogP contribution in [-0.4, -0.2) is 43.6 Å². The van der Waals surface area contributed by atoms with Crippen molar-refractivity contribution in [3.63, 3.8) is 0 Å². The summed E-state index contributed by atoms with van der Waals surface area (Å²) in [4.78, 5) is 26.3. The van der Waals surface area contributed by atoms with Crippen LogP contribution in [0, 0.1) is 6.92 Å². The molecule has 1 aliphatic heterocycles. The fourth-order valence-corrected chi connectivity index (χ4v) is 3.89. The Morgan fingerprint density at radius 1 is 1.37 bits per heavy atom. The number of likely N-dealkylation sites (N-methyl/N-ethyl adjacent to an activating group) is 1. The van der Waals surface area contributed by atoms with Crippen molar-refractivity contribution >= 4 is 16.9 Å². The molecule has 1 aromatic heterocycles. The molecule has 1 aromatic carbocycles. The second-order valence-electron chi connectivity index (χ2n) is 7.14. The van der Waals surface area contributed by atoms with E-state index in [1.165, 1.54) is 12.5 Å². The quantitative estimate of drug-likeness (QED) is 0.757. The summed E-state index contributed by atoms with van der Waals surface area (Å²) in [5, 5.41) is 3.94. The Labute approximate surface area is 159 Å². The Morgan fingerprint density at radius 3 is 2.93 bits per heavy atom. The van der Waals surface area contributed by atoms with Crippen molar-refractivity contribution in [1.29, 1.82) is 0 Å². The SMILES string of the molecule is CCN1CCC[C@@H]1CNC(=O)CCc1cc2c(C)cc(=O)oc2cc1OC. The van der Waals surface area contributed by atoms with Crippen molar-refractivity contribution in [2.75, 3.05) is 26.7 Å². The Hall–Kier alpha value is -2.34. The van der Waals surface area contributed by atoms with Gasteiger partial charge in [0.25, 0.3) is 0 Å². The lowest BCUT2D eigenvalue weighted by atomic mass is 10.0. The van der Waals surface area contributed by atoms with Crippen LogP contribution < -0.4 is 15.7 Å². The van der Waals surface area contributed by atoms with E-state index in [4.69, 9.17) is 9.15 Å².